The number of alkyl halides is 1. The zero-order valence-corrected chi connectivity index (χ0v) is 10.5. The Morgan fingerprint density at radius 3 is 2.44 bits per heavy atom. The van der Waals surface area contributed by atoms with E-state index in [1.807, 2.05) is 0 Å². The highest BCUT2D eigenvalue weighted by molar-refractivity contribution is 6.21. The molecule has 0 bridgehead atoms. The van der Waals surface area contributed by atoms with Gasteiger partial charge in [-0.25, -0.2) is 0 Å². The second-order valence-corrected chi connectivity index (χ2v) is 4.98. The summed E-state index contributed by atoms with van der Waals surface area (Å²) < 4.78 is 0. The van der Waals surface area contributed by atoms with Crippen LogP contribution in [0.15, 0.2) is 24.3 Å². The molecule has 5 heteroatoms. The first-order chi connectivity index (χ1) is 8.56. The minimum absolute atomic E-state index is 0.0516. The molecule has 18 heavy (non-hydrogen) atoms. The molecule has 0 radical (unpaired) electrons. The smallest absolute Gasteiger partial charge is 0.305 e. The van der Waals surface area contributed by atoms with Crippen LogP contribution in [-0.2, 0) is 9.59 Å². The average molecular weight is 268 g/mol. The summed E-state index contributed by atoms with van der Waals surface area (Å²) >= 11 is 5.95. The first kappa shape index (κ1) is 12.9. The fourth-order valence-electron chi connectivity index (χ4n) is 1.64. The molecule has 0 saturated heterocycles. The molecule has 1 aliphatic rings. The van der Waals surface area contributed by atoms with Crippen LogP contribution in [0.3, 0.4) is 0 Å². The third-order valence-corrected chi connectivity index (χ3v) is 3.25. The average Bonchev–Trinajstić information content (AvgIpc) is 3.12. The van der Waals surface area contributed by atoms with Crippen molar-refractivity contribution in [3.63, 3.8) is 0 Å². The standard InChI is InChI=1S/C13H14ClNO3/c14-11(7-12(16)17)8-3-5-10(6-4-8)15-13(18)9-1-2-9/h3-6,9,11H,1-2,7H2,(H,15,18)(H,16,17). The van der Waals surface area contributed by atoms with Crippen molar-refractivity contribution in [2.75, 3.05) is 5.32 Å². The highest BCUT2D eigenvalue weighted by Gasteiger charge is 2.29. The predicted molar refractivity (Wildman–Crippen MR) is 68.6 cm³/mol. The number of benzene rings is 1. The number of hydrogen-bond donors (Lipinski definition) is 2. The third-order valence-electron chi connectivity index (χ3n) is 2.84. The number of carbonyl (C=O) groups is 2. The Balaban J connectivity index is 1.95. The molecule has 1 saturated carbocycles. The van der Waals surface area contributed by atoms with Gasteiger partial charge in [-0.15, -0.1) is 11.6 Å². The van der Waals surface area contributed by atoms with Gasteiger partial charge in [0.05, 0.1) is 11.8 Å². The van der Waals surface area contributed by atoms with E-state index in [1.165, 1.54) is 0 Å². The summed E-state index contributed by atoms with van der Waals surface area (Å²) in [5.41, 5.74) is 1.46. The van der Waals surface area contributed by atoms with Crippen molar-refractivity contribution in [1.29, 1.82) is 0 Å². The van der Waals surface area contributed by atoms with Crippen molar-refractivity contribution >= 4 is 29.2 Å². The number of anilines is 1. The summed E-state index contributed by atoms with van der Waals surface area (Å²) in [5.74, 6) is -0.714. The van der Waals surface area contributed by atoms with Gasteiger partial charge in [-0.2, -0.15) is 0 Å². The van der Waals surface area contributed by atoms with Crippen LogP contribution in [0, 0.1) is 5.92 Å². The number of rotatable bonds is 5. The van der Waals surface area contributed by atoms with E-state index in [1.54, 1.807) is 24.3 Å². The maximum atomic E-state index is 11.5. The van der Waals surface area contributed by atoms with E-state index in [0.717, 1.165) is 24.1 Å². The van der Waals surface area contributed by atoms with Crippen molar-refractivity contribution in [2.45, 2.75) is 24.6 Å². The van der Waals surface area contributed by atoms with E-state index in [4.69, 9.17) is 16.7 Å². The molecule has 1 unspecified atom stereocenters. The summed E-state index contributed by atoms with van der Waals surface area (Å²) in [5, 5.41) is 10.9. The van der Waals surface area contributed by atoms with E-state index in [-0.39, 0.29) is 18.2 Å². The number of hydrogen-bond acceptors (Lipinski definition) is 2. The number of amides is 1. The summed E-state index contributed by atoms with van der Waals surface area (Å²) in [6, 6.07) is 6.96. The lowest BCUT2D eigenvalue weighted by Crippen LogP contribution is -2.13. The molecule has 0 aliphatic heterocycles. The zero-order chi connectivity index (χ0) is 13.1. The van der Waals surface area contributed by atoms with Crippen LogP contribution in [0.25, 0.3) is 0 Å². The van der Waals surface area contributed by atoms with Gasteiger partial charge < -0.3 is 10.4 Å². The third kappa shape index (κ3) is 3.47. The molecular formula is C13H14ClNO3. The molecule has 1 aromatic carbocycles. The van der Waals surface area contributed by atoms with Gasteiger partial charge in [0.15, 0.2) is 0 Å². The fraction of sp³-hybridized carbons (Fsp3) is 0.385. The molecule has 0 spiro atoms. The first-order valence-corrected chi connectivity index (χ1v) is 6.26. The van der Waals surface area contributed by atoms with Gasteiger partial charge in [0.25, 0.3) is 0 Å². The van der Waals surface area contributed by atoms with Crippen molar-refractivity contribution in [2.24, 2.45) is 5.92 Å². The van der Waals surface area contributed by atoms with Crippen LogP contribution in [0.4, 0.5) is 5.69 Å². The maximum absolute atomic E-state index is 11.5. The molecule has 1 aromatic rings. The van der Waals surface area contributed by atoms with E-state index in [0.29, 0.717) is 0 Å². The number of nitrogens with one attached hydrogen (secondary N) is 1. The Morgan fingerprint density at radius 2 is 1.94 bits per heavy atom. The Labute approximate surface area is 110 Å². The summed E-state index contributed by atoms with van der Waals surface area (Å²) in [4.78, 5) is 22.1. The van der Waals surface area contributed by atoms with E-state index in [9.17, 15) is 9.59 Å². The van der Waals surface area contributed by atoms with Gasteiger partial charge in [-0.1, -0.05) is 12.1 Å². The molecule has 96 valence electrons. The Kier molecular flexibility index (Phi) is 3.87. The number of carbonyl (C=O) groups excluding carboxylic acids is 1. The van der Waals surface area contributed by atoms with Gasteiger partial charge in [-0.05, 0) is 30.5 Å². The molecule has 2 N–H and O–H groups in total. The highest BCUT2D eigenvalue weighted by Crippen LogP contribution is 2.30. The van der Waals surface area contributed by atoms with Gasteiger partial charge in [0.1, 0.15) is 0 Å². The Hall–Kier alpha value is -1.55. The summed E-state index contributed by atoms with van der Waals surface area (Å²) in [6.45, 7) is 0. The van der Waals surface area contributed by atoms with Crippen LogP contribution < -0.4 is 5.32 Å². The quantitative estimate of drug-likeness (QED) is 0.806. The summed E-state index contributed by atoms with van der Waals surface area (Å²) in [7, 11) is 0. The Bertz CT molecular complexity index is 454. The molecular weight excluding hydrogens is 254 g/mol. The van der Waals surface area contributed by atoms with Gasteiger partial charge in [-0.3, -0.25) is 9.59 Å². The number of carboxylic acid groups (broad SMARTS) is 1. The first-order valence-electron chi connectivity index (χ1n) is 5.83. The molecule has 0 aromatic heterocycles. The van der Waals surface area contributed by atoms with Gasteiger partial charge in [0.2, 0.25) is 5.91 Å². The predicted octanol–water partition coefficient (Wildman–Crippen LogP) is 2.79. The lowest BCUT2D eigenvalue weighted by atomic mass is 10.1. The molecule has 0 heterocycles. The van der Waals surface area contributed by atoms with Crippen molar-refractivity contribution in [3.05, 3.63) is 29.8 Å². The lowest BCUT2D eigenvalue weighted by Gasteiger charge is -2.09. The summed E-state index contributed by atoms with van der Waals surface area (Å²) in [6.07, 6.45) is 1.81. The van der Waals surface area contributed by atoms with Crippen LogP contribution in [0.5, 0.6) is 0 Å². The lowest BCUT2D eigenvalue weighted by molar-refractivity contribution is -0.137. The number of carboxylic acids is 1. The molecule has 2 rings (SSSR count). The monoisotopic (exact) mass is 267 g/mol. The maximum Gasteiger partial charge on any atom is 0.305 e. The Morgan fingerprint density at radius 1 is 1.33 bits per heavy atom. The van der Waals surface area contributed by atoms with Crippen LogP contribution in [0.1, 0.15) is 30.2 Å². The molecule has 1 fully saturated rings. The van der Waals surface area contributed by atoms with Crippen LogP contribution in [-0.4, -0.2) is 17.0 Å². The van der Waals surface area contributed by atoms with E-state index in [2.05, 4.69) is 5.32 Å². The van der Waals surface area contributed by atoms with Gasteiger partial charge in [0, 0.05) is 11.6 Å². The topological polar surface area (TPSA) is 66.4 Å². The van der Waals surface area contributed by atoms with Crippen molar-refractivity contribution in [3.8, 4) is 0 Å². The van der Waals surface area contributed by atoms with Crippen LogP contribution >= 0.6 is 11.6 Å². The van der Waals surface area contributed by atoms with E-state index < -0.39 is 11.3 Å². The zero-order valence-electron chi connectivity index (χ0n) is 9.73. The fourth-order valence-corrected chi connectivity index (χ4v) is 1.91. The molecule has 1 atom stereocenters. The van der Waals surface area contributed by atoms with Crippen LogP contribution in [0.2, 0.25) is 0 Å². The van der Waals surface area contributed by atoms with Crippen molar-refractivity contribution in [1.82, 2.24) is 0 Å². The normalized spacial score (nSPS) is 16.1. The molecule has 1 aliphatic carbocycles. The largest absolute Gasteiger partial charge is 0.481 e. The minimum atomic E-state index is -0.930. The molecule has 4 nitrogen and oxygen atoms in total. The minimum Gasteiger partial charge on any atom is -0.481 e. The number of halogens is 1. The van der Waals surface area contributed by atoms with Crippen molar-refractivity contribution < 1.29 is 14.7 Å². The highest BCUT2D eigenvalue weighted by atomic mass is 35.5. The van der Waals surface area contributed by atoms with Gasteiger partial charge >= 0.3 is 5.97 Å². The molecule has 1 amide bonds. The second-order valence-electron chi connectivity index (χ2n) is 4.45. The number of aliphatic carboxylic acids is 1. The second kappa shape index (κ2) is 5.40. The SMILES string of the molecule is O=C(O)CC(Cl)c1ccc(NC(=O)C2CC2)cc1. The van der Waals surface area contributed by atoms with E-state index >= 15 is 0 Å².